The Labute approximate surface area is 34.2 Å². The average molecular weight is 91.1 g/mol. The first-order chi connectivity index (χ1) is 2.27. The van der Waals surface area contributed by atoms with Gasteiger partial charge in [-0.3, -0.25) is 0 Å². The summed E-state index contributed by atoms with van der Waals surface area (Å²) in [4.78, 5) is 9.22. The van der Waals surface area contributed by atoms with Gasteiger partial charge in [0, 0.05) is 0 Å². The molecule has 0 bridgehead atoms. The Balaban J connectivity index is 2.85. The zero-order chi connectivity index (χ0) is 4.28. The van der Waals surface area contributed by atoms with Crippen molar-refractivity contribution in [1.29, 1.82) is 0 Å². The van der Waals surface area contributed by atoms with Gasteiger partial charge in [0.25, 0.3) is 0 Å². The molecule has 0 radical (unpaired) electrons. The van der Waals surface area contributed by atoms with Gasteiger partial charge in [-0.25, -0.2) is 0 Å². The first-order valence-electron chi connectivity index (χ1n) is 1.02. The molecule has 0 unspecified atom stereocenters. The quantitative estimate of drug-likeness (QED) is 0.410. The molecule has 0 N–H and O–H groups in total. The molecule has 2 nitrogen and oxygen atoms in total. The van der Waals surface area contributed by atoms with E-state index in [0.29, 0.717) is 11.8 Å². The van der Waals surface area contributed by atoms with Crippen molar-refractivity contribution < 1.29 is 9.90 Å². The molecule has 0 amide bonds. The lowest BCUT2D eigenvalue weighted by Crippen LogP contribution is -2.14. The van der Waals surface area contributed by atoms with E-state index in [-0.39, 0.29) is 0 Å². The van der Waals surface area contributed by atoms with Crippen molar-refractivity contribution in [3.8, 4) is 0 Å². The third kappa shape index (κ3) is 3.82. The third-order valence-electron chi connectivity index (χ3n) is 0.167. The smallest absolute Gasteiger partial charge is 0.0977 e. The first-order valence-corrected chi connectivity index (χ1v) is 2.25. The lowest BCUT2D eigenvalue weighted by Gasteiger charge is -1.86. The zero-order valence-electron chi connectivity index (χ0n) is 2.72. The Morgan fingerprint density at radius 1 is 2.00 bits per heavy atom. The number of thioether (sulfide) groups is 1. The maximum absolute atomic E-state index is 9.22. The van der Waals surface area contributed by atoms with E-state index in [4.69, 9.17) is 0 Å². The van der Waals surface area contributed by atoms with Crippen LogP contribution in [-0.2, 0) is 0 Å². The van der Waals surface area contributed by atoms with E-state index in [2.05, 4.69) is 0 Å². The molecule has 0 spiro atoms. The number of carboxylic acid groups (broad SMARTS) is 1. The van der Waals surface area contributed by atoms with Crippen LogP contribution in [0.1, 0.15) is 0 Å². The standard InChI is InChI=1S/C2H4O2S/c1-5-2(3)4/h1H3,(H,3,4)/p-1. The van der Waals surface area contributed by atoms with E-state index < -0.39 is 5.30 Å². The largest absolute Gasteiger partial charge is 0.538 e. The maximum atomic E-state index is 9.22. The molecule has 0 aliphatic heterocycles. The highest BCUT2D eigenvalue weighted by molar-refractivity contribution is 8.12. The van der Waals surface area contributed by atoms with Gasteiger partial charge in [0.15, 0.2) is 0 Å². The van der Waals surface area contributed by atoms with Crippen molar-refractivity contribution in [1.82, 2.24) is 0 Å². The van der Waals surface area contributed by atoms with Gasteiger partial charge in [0.1, 0.15) is 0 Å². The molecule has 0 aromatic heterocycles. The van der Waals surface area contributed by atoms with E-state index in [9.17, 15) is 9.90 Å². The van der Waals surface area contributed by atoms with Crippen molar-refractivity contribution in [2.24, 2.45) is 0 Å². The Bertz CT molecular complexity index is 42.9. The minimum atomic E-state index is -1.08. The van der Waals surface area contributed by atoms with Crippen LogP contribution in [0, 0.1) is 0 Å². The SMILES string of the molecule is CSC(=O)[O-]. The average Bonchev–Trinajstić information content (AvgIpc) is 1.38. The van der Waals surface area contributed by atoms with Gasteiger partial charge in [0.05, 0.1) is 5.30 Å². The summed E-state index contributed by atoms with van der Waals surface area (Å²) in [6.07, 6.45) is 1.45. The molecular weight excluding hydrogens is 88.1 g/mol. The summed E-state index contributed by atoms with van der Waals surface area (Å²) in [5.41, 5.74) is 0. The first kappa shape index (κ1) is 4.82. The van der Waals surface area contributed by atoms with Gasteiger partial charge in [-0.2, -0.15) is 0 Å². The second kappa shape index (κ2) is 2.08. The van der Waals surface area contributed by atoms with Crippen LogP contribution in [0.25, 0.3) is 0 Å². The summed E-state index contributed by atoms with van der Waals surface area (Å²) < 4.78 is 0. The van der Waals surface area contributed by atoms with E-state index >= 15 is 0 Å². The molecule has 0 aliphatic carbocycles. The number of rotatable bonds is 0. The summed E-state index contributed by atoms with van der Waals surface area (Å²) >= 11 is 0.685. The fourth-order valence-corrected chi connectivity index (χ4v) is 0. The van der Waals surface area contributed by atoms with Gasteiger partial charge in [-0.1, -0.05) is 0 Å². The molecule has 0 saturated carbocycles. The minimum absolute atomic E-state index is 0.685. The van der Waals surface area contributed by atoms with Gasteiger partial charge in [0.2, 0.25) is 0 Å². The second-order valence-corrected chi connectivity index (χ2v) is 1.20. The Kier molecular flexibility index (Phi) is 2.01. The van der Waals surface area contributed by atoms with Crippen molar-refractivity contribution in [2.75, 3.05) is 6.26 Å². The highest BCUT2D eigenvalue weighted by atomic mass is 32.2. The molecular formula is C2H3O2S-. The molecule has 0 rings (SSSR count). The van der Waals surface area contributed by atoms with Crippen LogP contribution in [0.15, 0.2) is 0 Å². The maximum Gasteiger partial charge on any atom is 0.0977 e. The van der Waals surface area contributed by atoms with Crippen LogP contribution in [0.5, 0.6) is 0 Å². The molecule has 3 heteroatoms. The predicted molar refractivity (Wildman–Crippen MR) is 18.9 cm³/mol. The van der Waals surface area contributed by atoms with E-state index in [1.54, 1.807) is 0 Å². The molecule has 0 aliphatic rings. The van der Waals surface area contributed by atoms with Crippen LogP contribution in [0.4, 0.5) is 4.79 Å². The summed E-state index contributed by atoms with van der Waals surface area (Å²) in [5, 5.41) is 8.14. The molecule has 0 heterocycles. The van der Waals surface area contributed by atoms with E-state index in [0.717, 1.165) is 0 Å². The van der Waals surface area contributed by atoms with Gasteiger partial charge < -0.3 is 9.90 Å². The van der Waals surface area contributed by atoms with Crippen LogP contribution in [0.3, 0.4) is 0 Å². The normalized spacial score (nSPS) is 7.40. The third-order valence-corrected chi connectivity index (χ3v) is 0.500. The van der Waals surface area contributed by atoms with Gasteiger partial charge in [-0.15, -0.1) is 11.8 Å². The summed E-state index contributed by atoms with van der Waals surface area (Å²) in [7, 11) is 0. The lowest BCUT2D eigenvalue weighted by molar-refractivity contribution is -0.232. The highest BCUT2D eigenvalue weighted by Crippen LogP contribution is 1.84. The van der Waals surface area contributed by atoms with Crippen LogP contribution >= 0.6 is 11.8 Å². The zero-order valence-corrected chi connectivity index (χ0v) is 3.54. The van der Waals surface area contributed by atoms with Crippen molar-refractivity contribution in [3.05, 3.63) is 0 Å². The van der Waals surface area contributed by atoms with Crippen LogP contribution < -0.4 is 5.11 Å². The van der Waals surface area contributed by atoms with Gasteiger partial charge >= 0.3 is 0 Å². The number of carbonyl (C=O) groups is 1. The van der Waals surface area contributed by atoms with Crippen LogP contribution in [0.2, 0.25) is 0 Å². The predicted octanol–water partition coefficient (Wildman–Crippen LogP) is -0.307. The fraction of sp³-hybridized carbons (Fsp3) is 0.500. The van der Waals surface area contributed by atoms with Crippen molar-refractivity contribution >= 4 is 17.1 Å². The van der Waals surface area contributed by atoms with Gasteiger partial charge in [-0.05, 0) is 6.26 Å². The number of hydrogen-bond acceptors (Lipinski definition) is 3. The molecule has 0 atom stereocenters. The topological polar surface area (TPSA) is 40.1 Å². The number of hydrogen-bond donors (Lipinski definition) is 0. The minimum Gasteiger partial charge on any atom is -0.538 e. The molecule has 0 aromatic rings. The number of carbonyl (C=O) groups excluding carboxylic acids is 1. The van der Waals surface area contributed by atoms with E-state index in [1.165, 1.54) is 6.26 Å². The lowest BCUT2D eigenvalue weighted by atomic mass is 11.6. The second-order valence-electron chi connectivity index (χ2n) is 0.454. The molecule has 30 valence electrons. The summed E-state index contributed by atoms with van der Waals surface area (Å²) in [6.45, 7) is 0. The molecule has 5 heavy (non-hydrogen) atoms. The fourth-order valence-electron chi connectivity index (χ4n) is 0. The van der Waals surface area contributed by atoms with Crippen molar-refractivity contribution in [3.63, 3.8) is 0 Å². The Morgan fingerprint density at radius 2 is 2.20 bits per heavy atom. The summed E-state index contributed by atoms with van der Waals surface area (Å²) in [6, 6.07) is 0. The molecule has 0 aromatic carbocycles. The Hall–Kier alpha value is -0.180. The summed E-state index contributed by atoms with van der Waals surface area (Å²) in [5.74, 6) is 0. The monoisotopic (exact) mass is 91.0 g/mol. The van der Waals surface area contributed by atoms with E-state index in [1.807, 2.05) is 0 Å². The van der Waals surface area contributed by atoms with Crippen LogP contribution in [-0.4, -0.2) is 11.6 Å². The molecule has 0 fully saturated rings. The Morgan fingerprint density at radius 3 is 2.20 bits per heavy atom. The molecule has 0 saturated heterocycles. The highest BCUT2D eigenvalue weighted by Gasteiger charge is 1.65. The van der Waals surface area contributed by atoms with Crippen molar-refractivity contribution in [2.45, 2.75) is 0 Å².